The highest BCUT2D eigenvalue weighted by Gasteiger charge is 2.85. The smallest absolute Gasteiger partial charge is 0.281 e. The van der Waals surface area contributed by atoms with Crippen molar-refractivity contribution in [3.05, 3.63) is 0 Å². The summed E-state index contributed by atoms with van der Waals surface area (Å²) in [5.41, 5.74) is 0. The van der Waals surface area contributed by atoms with Crippen molar-refractivity contribution in [1.29, 1.82) is 0 Å². The lowest BCUT2D eigenvalue weighted by Crippen LogP contribution is -2.63. The molecule has 0 heterocycles. The van der Waals surface area contributed by atoms with Gasteiger partial charge in [0.15, 0.2) is 0 Å². The maximum Gasteiger partial charge on any atom is 0.460 e. The Hall–Kier alpha value is 0.0462. The Morgan fingerprint density at radius 3 is 1.17 bits per heavy atom. The summed E-state index contributed by atoms with van der Waals surface area (Å²) in [5.74, 6) is -14.7. The average molecular weight is 324 g/mol. The Morgan fingerprint density at radius 2 is 1.00 bits per heavy atom. The molecule has 0 aromatic heterocycles. The maximum absolute atomic E-state index is 12.2. The van der Waals surface area contributed by atoms with Crippen LogP contribution in [0.15, 0.2) is 0 Å². The Morgan fingerprint density at radius 1 is 0.722 bits per heavy atom. The van der Waals surface area contributed by atoms with Gasteiger partial charge in [0.1, 0.15) is 0 Å². The SMILES string of the molecule is O=S(=O)(O)C(F)(F)C(F)(F)C(F)(F)C(F)(F)F.[Mg]. The minimum absolute atomic E-state index is 0. The van der Waals surface area contributed by atoms with Crippen LogP contribution in [0.1, 0.15) is 0 Å². The van der Waals surface area contributed by atoms with E-state index in [1.807, 2.05) is 0 Å². The van der Waals surface area contributed by atoms with Crippen LogP contribution >= 0.6 is 0 Å². The molecular weight excluding hydrogens is 323 g/mol. The molecule has 1 N–H and O–H groups in total. The van der Waals surface area contributed by atoms with Gasteiger partial charge in [0.05, 0.1) is 0 Å². The second kappa shape index (κ2) is 4.86. The third kappa shape index (κ3) is 2.80. The molecule has 0 saturated heterocycles. The average Bonchev–Trinajstić information content (AvgIpc) is 1.98. The highest BCUT2D eigenvalue weighted by molar-refractivity contribution is 7.87. The van der Waals surface area contributed by atoms with Crippen molar-refractivity contribution < 1.29 is 52.5 Å². The summed E-state index contributed by atoms with van der Waals surface area (Å²) in [7, 11) is -7.17. The number of hydrogen-bond donors (Lipinski definition) is 1. The maximum atomic E-state index is 12.2. The van der Waals surface area contributed by atoms with Crippen LogP contribution in [0.3, 0.4) is 0 Å². The van der Waals surface area contributed by atoms with E-state index in [1.54, 1.807) is 0 Å². The van der Waals surface area contributed by atoms with E-state index < -0.39 is 33.4 Å². The van der Waals surface area contributed by atoms with Gasteiger partial charge in [-0.1, -0.05) is 0 Å². The van der Waals surface area contributed by atoms with Gasteiger partial charge in [0, 0.05) is 23.1 Å². The van der Waals surface area contributed by atoms with E-state index in [4.69, 9.17) is 4.55 Å². The molecule has 106 valence electrons. The van der Waals surface area contributed by atoms with Crippen molar-refractivity contribution in [3.8, 4) is 0 Å². The molecule has 0 unspecified atom stereocenters. The molecule has 14 heteroatoms. The van der Waals surface area contributed by atoms with Crippen molar-refractivity contribution in [1.82, 2.24) is 0 Å². The third-order valence-electron chi connectivity index (χ3n) is 1.44. The van der Waals surface area contributed by atoms with E-state index in [0.717, 1.165) is 0 Å². The zero-order valence-corrected chi connectivity index (χ0v) is 10.0. The highest BCUT2D eigenvalue weighted by atomic mass is 32.2. The van der Waals surface area contributed by atoms with Crippen LogP contribution in [-0.2, 0) is 10.1 Å². The lowest BCUT2D eigenvalue weighted by Gasteiger charge is -2.31. The van der Waals surface area contributed by atoms with Gasteiger partial charge in [-0.15, -0.1) is 0 Å². The molecule has 2 radical (unpaired) electrons. The normalized spacial score (nSPS) is 15.2. The first-order chi connectivity index (χ1) is 7.00. The first-order valence-corrected chi connectivity index (χ1v) is 4.61. The number of halogens is 9. The Balaban J connectivity index is 0. The van der Waals surface area contributed by atoms with Crippen LogP contribution in [0, 0.1) is 0 Å². The minimum atomic E-state index is -7.37. The predicted octanol–water partition coefficient (Wildman–Crippen LogP) is 1.92. The Bertz CT molecular complexity index is 399. The largest absolute Gasteiger partial charge is 0.460 e. The van der Waals surface area contributed by atoms with Crippen molar-refractivity contribution in [2.75, 3.05) is 0 Å². The zero-order chi connectivity index (χ0) is 14.5. The zero-order valence-electron chi connectivity index (χ0n) is 7.78. The summed E-state index contributed by atoms with van der Waals surface area (Å²) < 4.78 is 134. The van der Waals surface area contributed by atoms with E-state index in [0.29, 0.717) is 0 Å². The van der Waals surface area contributed by atoms with Crippen LogP contribution < -0.4 is 0 Å². The molecule has 0 atom stereocenters. The van der Waals surface area contributed by atoms with E-state index in [-0.39, 0.29) is 23.1 Å². The second-order valence-corrected chi connectivity index (χ2v) is 4.10. The van der Waals surface area contributed by atoms with Crippen molar-refractivity contribution >= 4 is 33.2 Å². The molecule has 0 rings (SSSR count). The number of rotatable bonds is 3. The third-order valence-corrected chi connectivity index (χ3v) is 2.34. The summed E-state index contributed by atoms with van der Waals surface area (Å²) in [4.78, 5) is 0. The Labute approximate surface area is 109 Å². The summed E-state index contributed by atoms with van der Waals surface area (Å²) in [6.07, 6.45) is -7.13. The Kier molecular flexibility index (Phi) is 5.50. The van der Waals surface area contributed by atoms with Crippen molar-refractivity contribution in [3.63, 3.8) is 0 Å². The van der Waals surface area contributed by atoms with Crippen LogP contribution in [0.25, 0.3) is 0 Å². The quantitative estimate of drug-likeness (QED) is 0.490. The van der Waals surface area contributed by atoms with Crippen molar-refractivity contribution in [2.45, 2.75) is 23.3 Å². The fourth-order valence-corrected chi connectivity index (χ4v) is 0.975. The monoisotopic (exact) mass is 324 g/mol. The van der Waals surface area contributed by atoms with Gasteiger partial charge in [-0.3, -0.25) is 4.55 Å². The lowest BCUT2D eigenvalue weighted by molar-refractivity contribution is -0.382. The molecule has 0 fully saturated rings. The van der Waals surface area contributed by atoms with Gasteiger partial charge in [0.2, 0.25) is 0 Å². The van der Waals surface area contributed by atoms with Gasteiger partial charge >= 0.3 is 33.4 Å². The molecule has 0 aliphatic rings. The molecule has 18 heavy (non-hydrogen) atoms. The van der Waals surface area contributed by atoms with Crippen LogP contribution in [0.4, 0.5) is 39.5 Å². The molecule has 3 nitrogen and oxygen atoms in total. The van der Waals surface area contributed by atoms with Gasteiger partial charge < -0.3 is 0 Å². The molecular formula is C4HF9MgO3S. The van der Waals surface area contributed by atoms with E-state index in [9.17, 15) is 47.9 Å². The first kappa shape index (κ1) is 20.4. The second-order valence-electron chi connectivity index (χ2n) is 2.64. The van der Waals surface area contributed by atoms with Crippen LogP contribution in [-0.4, -0.2) is 59.3 Å². The first-order valence-electron chi connectivity index (χ1n) is 3.17. The van der Waals surface area contributed by atoms with E-state index >= 15 is 0 Å². The van der Waals surface area contributed by atoms with Crippen molar-refractivity contribution in [2.24, 2.45) is 0 Å². The highest BCUT2D eigenvalue weighted by Crippen LogP contribution is 2.54. The summed E-state index contributed by atoms with van der Waals surface area (Å²) in [6, 6.07) is 0. The standard InChI is InChI=1S/C4HF9O3S.Mg/c5-1(6,3(9,10)11)2(7,8)4(12,13)17(14,15)16;/h(H,14,15,16);. The van der Waals surface area contributed by atoms with Crippen LogP contribution in [0.5, 0.6) is 0 Å². The molecule has 0 aliphatic heterocycles. The molecule has 0 aromatic carbocycles. The topological polar surface area (TPSA) is 54.4 Å². The molecule has 0 amide bonds. The van der Waals surface area contributed by atoms with Gasteiger partial charge in [-0.05, 0) is 0 Å². The number of alkyl halides is 9. The number of hydrogen-bond acceptors (Lipinski definition) is 2. The van der Waals surface area contributed by atoms with E-state index in [1.165, 1.54) is 0 Å². The minimum Gasteiger partial charge on any atom is -0.281 e. The van der Waals surface area contributed by atoms with Gasteiger partial charge in [-0.2, -0.15) is 47.9 Å². The molecule has 0 bridgehead atoms. The molecule has 0 saturated carbocycles. The van der Waals surface area contributed by atoms with Gasteiger partial charge in [-0.25, -0.2) is 0 Å². The van der Waals surface area contributed by atoms with E-state index in [2.05, 4.69) is 0 Å². The van der Waals surface area contributed by atoms with Gasteiger partial charge in [0.25, 0.3) is 0 Å². The molecule has 0 spiro atoms. The lowest BCUT2D eigenvalue weighted by atomic mass is 10.1. The molecule has 0 aliphatic carbocycles. The fourth-order valence-electron chi connectivity index (χ4n) is 0.523. The molecule has 0 aromatic rings. The fraction of sp³-hybridized carbons (Fsp3) is 1.00. The van der Waals surface area contributed by atoms with Crippen LogP contribution in [0.2, 0.25) is 0 Å². The summed E-state index contributed by atoms with van der Waals surface area (Å²) in [5, 5.41) is -7.00. The predicted molar refractivity (Wildman–Crippen MR) is 38.2 cm³/mol. The summed E-state index contributed by atoms with van der Waals surface area (Å²) in [6.45, 7) is 0. The summed E-state index contributed by atoms with van der Waals surface area (Å²) >= 11 is 0.